The van der Waals surface area contributed by atoms with E-state index in [1.807, 2.05) is 6.07 Å². The Kier molecular flexibility index (Phi) is 1.22. The first kappa shape index (κ1) is 5.47. The maximum atomic E-state index is 7.53. The predicted molar refractivity (Wildman–Crippen MR) is 42.2 cm³/mol. The fraction of sp³-hybridized carbons (Fsp3) is 0.333. The third kappa shape index (κ3) is 1.04. The van der Waals surface area contributed by atoms with Gasteiger partial charge < -0.3 is 9.47 Å². The highest BCUT2D eigenvalue weighted by molar-refractivity contribution is 5.42. The monoisotopic (exact) mass is 152 g/mol. The molecule has 0 radical (unpaired) electrons. The van der Waals surface area contributed by atoms with Crippen LogP contribution in [0.1, 0.15) is 6.93 Å². The number of ether oxygens (including phenoxy) is 2. The molecule has 0 aliphatic carbocycles. The molecule has 0 aromatic heterocycles. The molecule has 2 rings (SSSR count). The summed E-state index contributed by atoms with van der Waals surface area (Å²) in [5, 5.41) is 0. The van der Waals surface area contributed by atoms with Gasteiger partial charge in [-0.25, -0.2) is 0 Å². The molecule has 2 nitrogen and oxygen atoms in total. The number of hydrogen-bond acceptors (Lipinski definition) is 2. The van der Waals surface area contributed by atoms with E-state index in [2.05, 4.69) is 0 Å². The van der Waals surface area contributed by atoms with Gasteiger partial charge in [-0.1, -0.05) is 0 Å². The van der Waals surface area contributed by atoms with Gasteiger partial charge in [0.15, 0.2) is 0 Å². The second-order valence-electron chi connectivity index (χ2n) is 2.49. The summed E-state index contributed by atoms with van der Waals surface area (Å²) in [6, 6.07) is 3.98. The molecule has 1 aromatic carbocycles. The van der Waals surface area contributed by atoms with Gasteiger partial charge in [0.25, 0.3) is 0 Å². The zero-order chi connectivity index (χ0) is 8.55. The summed E-state index contributed by atoms with van der Waals surface area (Å²) in [6.07, 6.45) is 0.923. The van der Waals surface area contributed by atoms with Gasteiger partial charge in [0, 0.05) is 12.0 Å². The Morgan fingerprint density at radius 2 is 2.64 bits per heavy atom. The quantitative estimate of drug-likeness (QED) is 0.609. The van der Waals surface area contributed by atoms with Gasteiger partial charge in [0.05, 0.1) is 15.1 Å². The van der Waals surface area contributed by atoms with Crippen LogP contribution in [0.5, 0.6) is 11.5 Å². The molecular formula is C9H10O2. The van der Waals surface area contributed by atoms with E-state index in [9.17, 15) is 0 Å². The molecule has 0 saturated carbocycles. The lowest BCUT2D eigenvalue weighted by atomic mass is 10.2. The second kappa shape index (κ2) is 2.46. The standard InChI is InChI=1S/C9H10O2/c1-10-8-2-3-9-7(6-8)4-5-11-9/h2-3,6H,4-5H2,1H3/i2T. The smallest absolute Gasteiger partial charge is 0.122 e. The van der Waals surface area contributed by atoms with Crippen LogP contribution >= 0.6 is 0 Å². The molecule has 58 valence electrons. The molecule has 1 heterocycles. The highest BCUT2D eigenvalue weighted by Gasteiger charge is 2.11. The molecule has 11 heavy (non-hydrogen) atoms. The van der Waals surface area contributed by atoms with Crippen molar-refractivity contribution in [2.75, 3.05) is 13.7 Å². The Hall–Kier alpha value is -1.18. The largest absolute Gasteiger partial charge is 0.497 e. The normalized spacial score (nSPS) is 15.2. The van der Waals surface area contributed by atoms with E-state index in [0.717, 1.165) is 24.3 Å². The van der Waals surface area contributed by atoms with Crippen LogP contribution < -0.4 is 9.47 Å². The number of fused-ring (bicyclic) bond motifs is 1. The van der Waals surface area contributed by atoms with Crippen molar-refractivity contribution in [3.8, 4) is 11.5 Å². The summed E-state index contributed by atoms with van der Waals surface area (Å²) >= 11 is 0. The van der Waals surface area contributed by atoms with E-state index in [-0.39, 0.29) is 0 Å². The summed E-state index contributed by atoms with van der Waals surface area (Å²) < 4.78 is 17.9. The van der Waals surface area contributed by atoms with Crippen molar-refractivity contribution in [3.05, 3.63) is 23.7 Å². The van der Waals surface area contributed by atoms with Gasteiger partial charge in [-0.2, -0.15) is 0 Å². The van der Waals surface area contributed by atoms with Gasteiger partial charge in [-0.05, 0) is 18.2 Å². The molecular weight excluding hydrogens is 140 g/mol. The van der Waals surface area contributed by atoms with Crippen molar-refractivity contribution >= 4 is 0 Å². The molecule has 0 atom stereocenters. The fourth-order valence-corrected chi connectivity index (χ4v) is 1.22. The summed E-state index contributed by atoms with van der Waals surface area (Å²) in [6.45, 7) is 0.724. The van der Waals surface area contributed by atoms with Gasteiger partial charge in [-0.3, -0.25) is 0 Å². The van der Waals surface area contributed by atoms with Crippen LogP contribution in [-0.4, -0.2) is 13.7 Å². The maximum absolute atomic E-state index is 7.53. The van der Waals surface area contributed by atoms with Gasteiger partial charge in [-0.15, -0.1) is 0 Å². The maximum Gasteiger partial charge on any atom is 0.122 e. The Labute approximate surface area is 67.2 Å². The van der Waals surface area contributed by atoms with Crippen LogP contribution in [0.15, 0.2) is 18.2 Å². The third-order valence-corrected chi connectivity index (χ3v) is 1.82. The van der Waals surface area contributed by atoms with Gasteiger partial charge in [0.2, 0.25) is 0 Å². The van der Waals surface area contributed by atoms with Gasteiger partial charge >= 0.3 is 0 Å². The summed E-state index contributed by atoms with van der Waals surface area (Å²) in [5.74, 6) is 1.46. The molecule has 1 aliphatic heterocycles. The first-order chi connectivity index (χ1) is 5.81. The molecule has 0 N–H and O–H groups in total. The molecule has 2 heteroatoms. The Balaban J connectivity index is 2.49. The van der Waals surface area contributed by atoms with E-state index in [1.165, 1.54) is 0 Å². The van der Waals surface area contributed by atoms with Crippen LogP contribution in [0.4, 0.5) is 0 Å². The molecule has 0 unspecified atom stereocenters. The molecule has 0 fully saturated rings. The molecule has 0 amide bonds. The third-order valence-electron chi connectivity index (χ3n) is 1.82. The second-order valence-corrected chi connectivity index (χ2v) is 2.49. The van der Waals surface area contributed by atoms with Crippen molar-refractivity contribution < 1.29 is 10.8 Å². The highest BCUT2D eigenvalue weighted by atomic mass is 16.5. The van der Waals surface area contributed by atoms with Gasteiger partial charge in [0.1, 0.15) is 11.5 Å². The van der Waals surface area contributed by atoms with E-state index in [4.69, 9.17) is 10.8 Å². The number of rotatable bonds is 1. The number of benzene rings is 1. The SMILES string of the molecule is [3H]c1cc2c(cc1OC)CCO2. The van der Waals surface area contributed by atoms with E-state index in [1.54, 1.807) is 13.2 Å². The summed E-state index contributed by atoms with van der Waals surface area (Å²) in [7, 11) is 1.58. The average molecular weight is 152 g/mol. The first-order valence-corrected chi connectivity index (χ1v) is 3.61. The average Bonchev–Trinajstić information content (AvgIpc) is 2.49. The minimum absolute atomic E-state index is 0.387. The van der Waals surface area contributed by atoms with Crippen LogP contribution in [0.3, 0.4) is 0 Å². The van der Waals surface area contributed by atoms with Crippen molar-refractivity contribution in [2.24, 2.45) is 0 Å². The summed E-state index contributed by atoms with van der Waals surface area (Å²) in [4.78, 5) is 0. The zero-order valence-corrected chi connectivity index (χ0v) is 6.39. The minimum Gasteiger partial charge on any atom is -0.497 e. The Morgan fingerprint density at radius 3 is 3.45 bits per heavy atom. The van der Waals surface area contributed by atoms with Crippen molar-refractivity contribution in [1.82, 2.24) is 0 Å². The predicted octanol–water partition coefficient (Wildman–Crippen LogP) is 1.63. The lowest BCUT2D eigenvalue weighted by Crippen LogP contribution is -1.85. The van der Waals surface area contributed by atoms with E-state index >= 15 is 0 Å². The zero-order valence-electron chi connectivity index (χ0n) is 7.39. The van der Waals surface area contributed by atoms with Crippen molar-refractivity contribution in [3.63, 3.8) is 0 Å². The van der Waals surface area contributed by atoms with E-state index < -0.39 is 0 Å². The van der Waals surface area contributed by atoms with E-state index in [0.29, 0.717) is 11.8 Å². The lowest BCUT2D eigenvalue weighted by molar-refractivity contribution is 0.356. The topological polar surface area (TPSA) is 18.5 Å². The Morgan fingerprint density at radius 1 is 1.73 bits per heavy atom. The van der Waals surface area contributed by atoms with Crippen molar-refractivity contribution in [2.45, 2.75) is 6.42 Å². The Bertz CT molecular complexity index is 309. The van der Waals surface area contributed by atoms with Crippen molar-refractivity contribution in [1.29, 1.82) is 0 Å². The van der Waals surface area contributed by atoms with Crippen LogP contribution in [0, 0.1) is 0 Å². The van der Waals surface area contributed by atoms with Crippen LogP contribution in [0.25, 0.3) is 0 Å². The van der Waals surface area contributed by atoms with Crippen LogP contribution in [0.2, 0.25) is 0 Å². The molecule has 0 saturated heterocycles. The molecule has 1 aromatic rings. The molecule has 0 bridgehead atoms. The fourth-order valence-electron chi connectivity index (χ4n) is 1.22. The minimum atomic E-state index is 0.387. The summed E-state index contributed by atoms with van der Waals surface area (Å²) in [5.41, 5.74) is 1.14. The highest BCUT2D eigenvalue weighted by Crippen LogP contribution is 2.28. The van der Waals surface area contributed by atoms with Crippen LogP contribution in [-0.2, 0) is 6.42 Å². The first-order valence-electron chi connectivity index (χ1n) is 4.11. The number of hydrogen-bond donors (Lipinski definition) is 0. The molecule has 1 aliphatic rings. The molecule has 0 spiro atoms. The lowest BCUT2D eigenvalue weighted by Gasteiger charge is -2.01. The number of methoxy groups -OCH3 is 1.